The van der Waals surface area contributed by atoms with Gasteiger partial charge in [-0.05, 0) is 31.2 Å². The van der Waals surface area contributed by atoms with Crippen LogP contribution in [0, 0.1) is 6.92 Å². The third-order valence-electron chi connectivity index (χ3n) is 3.87. The zero-order chi connectivity index (χ0) is 13.1. The molecule has 0 saturated heterocycles. The molecule has 0 spiro atoms. The second-order valence-electron chi connectivity index (χ2n) is 5.32. The molecule has 1 heterocycles. The van der Waals surface area contributed by atoms with Crippen LogP contribution in [-0.4, -0.2) is 22.7 Å². The molecular formula is C15H19N3O. The molecule has 0 radical (unpaired) electrons. The number of aromatic nitrogens is 2. The van der Waals surface area contributed by atoms with E-state index in [-0.39, 0.29) is 0 Å². The Morgan fingerprint density at radius 2 is 2.05 bits per heavy atom. The molecule has 0 bridgehead atoms. The Bertz CT molecular complexity index is 501. The first kappa shape index (κ1) is 12.4. The van der Waals surface area contributed by atoms with E-state index in [4.69, 9.17) is 4.52 Å². The number of rotatable bonds is 5. The van der Waals surface area contributed by atoms with Gasteiger partial charge in [0.1, 0.15) is 0 Å². The number of hydrogen-bond acceptors (Lipinski definition) is 4. The Balaban J connectivity index is 1.39. The summed E-state index contributed by atoms with van der Waals surface area (Å²) in [6.07, 6.45) is 4.72. The highest BCUT2D eigenvalue weighted by atomic mass is 16.5. The topological polar surface area (TPSA) is 51.0 Å². The SMILES string of the molecule is Cc1ccc(C2CC(NCCc3ncno3)C2)cc1. The average molecular weight is 257 g/mol. The van der Waals surface area contributed by atoms with Crippen molar-refractivity contribution in [2.75, 3.05) is 6.54 Å². The smallest absolute Gasteiger partial charge is 0.227 e. The molecule has 1 saturated carbocycles. The summed E-state index contributed by atoms with van der Waals surface area (Å²) >= 11 is 0. The summed E-state index contributed by atoms with van der Waals surface area (Å²) in [5, 5.41) is 7.14. The highest BCUT2D eigenvalue weighted by Crippen LogP contribution is 2.36. The van der Waals surface area contributed by atoms with Crippen LogP contribution in [0.1, 0.15) is 35.8 Å². The third kappa shape index (κ3) is 3.01. The van der Waals surface area contributed by atoms with E-state index < -0.39 is 0 Å². The van der Waals surface area contributed by atoms with Crippen molar-refractivity contribution in [3.8, 4) is 0 Å². The molecule has 0 atom stereocenters. The predicted molar refractivity (Wildman–Crippen MR) is 72.9 cm³/mol. The van der Waals surface area contributed by atoms with E-state index in [0.29, 0.717) is 11.9 Å². The Morgan fingerprint density at radius 3 is 2.74 bits per heavy atom. The minimum atomic E-state index is 0.634. The summed E-state index contributed by atoms with van der Waals surface area (Å²) in [4.78, 5) is 4.01. The molecule has 0 aliphatic heterocycles. The van der Waals surface area contributed by atoms with Gasteiger partial charge in [0.15, 0.2) is 6.33 Å². The van der Waals surface area contributed by atoms with Gasteiger partial charge in [-0.1, -0.05) is 35.0 Å². The molecule has 100 valence electrons. The molecular weight excluding hydrogens is 238 g/mol. The van der Waals surface area contributed by atoms with Crippen LogP contribution in [0.2, 0.25) is 0 Å². The lowest BCUT2D eigenvalue weighted by Crippen LogP contribution is -2.40. The van der Waals surface area contributed by atoms with Crippen LogP contribution in [0.4, 0.5) is 0 Å². The van der Waals surface area contributed by atoms with E-state index in [1.807, 2.05) is 0 Å². The molecule has 4 nitrogen and oxygen atoms in total. The van der Waals surface area contributed by atoms with Crippen molar-refractivity contribution in [1.82, 2.24) is 15.5 Å². The normalized spacial score (nSPS) is 22.2. The van der Waals surface area contributed by atoms with Crippen molar-refractivity contribution >= 4 is 0 Å². The molecule has 2 aromatic rings. The van der Waals surface area contributed by atoms with Gasteiger partial charge >= 0.3 is 0 Å². The minimum absolute atomic E-state index is 0.634. The van der Waals surface area contributed by atoms with Crippen LogP contribution in [0.5, 0.6) is 0 Å². The van der Waals surface area contributed by atoms with E-state index in [1.165, 1.54) is 30.3 Å². The lowest BCUT2D eigenvalue weighted by molar-refractivity contribution is 0.287. The summed E-state index contributed by atoms with van der Waals surface area (Å²) in [7, 11) is 0. The summed E-state index contributed by atoms with van der Waals surface area (Å²) in [6.45, 7) is 3.04. The summed E-state index contributed by atoms with van der Waals surface area (Å²) in [5.41, 5.74) is 2.80. The van der Waals surface area contributed by atoms with Crippen molar-refractivity contribution in [1.29, 1.82) is 0 Å². The van der Waals surface area contributed by atoms with Crippen LogP contribution >= 0.6 is 0 Å². The maximum absolute atomic E-state index is 4.97. The monoisotopic (exact) mass is 257 g/mol. The fourth-order valence-electron chi connectivity index (χ4n) is 2.58. The summed E-state index contributed by atoms with van der Waals surface area (Å²) < 4.78 is 4.97. The van der Waals surface area contributed by atoms with Gasteiger partial charge in [-0.15, -0.1) is 0 Å². The quantitative estimate of drug-likeness (QED) is 0.894. The molecule has 3 rings (SSSR count). The van der Waals surface area contributed by atoms with Gasteiger partial charge in [0, 0.05) is 19.0 Å². The van der Waals surface area contributed by atoms with E-state index in [9.17, 15) is 0 Å². The predicted octanol–water partition coefficient (Wildman–Crippen LogP) is 2.46. The first-order valence-corrected chi connectivity index (χ1v) is 6.87. The van der Waals surface area contributed by atoms with Crippen LogP contribution < -0.4 is 5.32 Å². The molecule has 0 unspecified atom stereocenters. The molecule has 0 amide bonds. The Kier molecular flexibility index (Phi) is 3.60. The molecule has 4 heteroatoms. The zero-order valence-corrected chi connectivity index (χ0v) is 11.2. The summed E-state index contributed by atoms with van der Waals surface area (Å²) in [6, 6.07) is 9.55. The second-order valence-corrected chi connectivity index (χ2v) is 5.32. The van der Waals surface area contributed by atoms with Crippen LogP contribution in [0.25, 0.3) is 0 Å². The first-order chi connectivity index (χ1) is 9.31. The van der Waals surface area contributed by atoms with Crippen LogP contribution in [-0.2, 0) is 6.42 Å². The van der Waals surface area contributed by atoms with Crippen molar-refractivity contribution < 1.29 is 4.52 Å². The first-order valence-electron chi connectivity index (χ1n) is 6.87. The van der Waals surface area contributed by atoms with Crippen LogP contribution in [0.3, 0.4) is 0 Å². The number of benzene rings is 1. The third-order valence-corrected chi connectivity index (χ3v) is 3.87. The Labute approximate surface area is 113 Å². The molecule has 19 heavy (non-hydrogen) atoms. The number of hydrogen-bond donors (Lipinski definition) is 1. The fraction of sp³-hybridized carbons (Fsp3) is 0.467. The minimum Gasteiger partial charge on any atom is -0.340 e. The second kappa shape index (κ2) is 5.53. The highest BCUT2D eigenvalue weighted by Gasteiger charge is 2.29. The van der Waals surface area contributed by atoms with Gasteiger partial charge < -0.3 is 9.84 Å². The largest absolute Gasteiger partial charge is 0.340 e. The molecule has 1 aromatic carbocycles. The maximum atomic E-state index is 4.97. The van der Waals surface area contributed by atoms with E-state index in [2.05, 4.69) is 46.6 Å². The molecule has 1 fully saturated rings. The van der Waals surface area contributed by atoms with Gasteiger partial charge in [-0.2, -0.15) is 4.98 Å². The molecule has 1 aromatic heterocycles. The van der Waals surface area contributed by atoms with E-state index in [1.54, 1.807) is 0 Å². The molecule has 1 N–H and O–H groups in total. The number of nitrogens with one attached hydrogen (secondary N) is 1. The highest BCUT2D eigenvalue weighted by molar-refractivity contribution is 5.26. The number of aryl methyl sites for hydroxylation is 1. The van der Waals surface area contributed by atoms with E-state index >= 15 is 0 Å². The van der Waals surface area contributed by atoms with Gasteiger partial charge in [0.05, 0.1) is 0 Å². The molecule has 1 aliphatic rings. The molecule has 1 aliphatic carbocycles. The Hall–Kier alpha value is -1.68. The maximum Gasteiger partial charge on any atom is 0.227 e. The number of nitrogens with zero attached hydrogens (tertiary/aromatic N) is 2. The van der Waals surface area contributed by atoms with Crippen molar-refractivity contribution in [3.05, 3.63) is 47.6 Å². The fourth-order valence-corrected chi connectivity index (χ4v) is 2.58. The van der Waals surface area contributed by atoms with E-state index in [0.717, 1.165) is 18.9 Å². The van der Waals surface area contributed by atoms with Gasteiger partial charge in [-0.25, -0.2) is 0 Å². The van der Waals surface area contributed by atoms with Gasteiger partial charge in [-0.3, -0.25) is 0 Å². The zero-order valence-electron chi connectivity index (χ0n) is 11.2. The summed E-state index contributed by atoms with van der Waals surface area (Å²) in [5.74, 6) is 1.43. The Morgan fingerprint density at radius 1 is 1.26 bits per heavy atom. The lowest BCUT2D eigenvalue weighted by atomic mass is 9.76. The lowest BCUT2D eigenvalue weighted by Gasteiger charge is -2.36. The van der Waals surface area contributed by atoms with Crippen molar-refractivity contribution in [3.63, 3.8) is 0 Å². The standard InChI is InChI=1S/C15H19N3O/c1-11-2-4-12(5-3-11)13-8-14(9-13)16-7-6-15-17-10-18-19-15/h2-5,10,13-14,16H,6-9H2,1H3. The van der Waals surface area contributed by atoms with Crippen molar-refractivity contribution in [2.24, 2.45) is 0 Å². The van der Waals surface area contributed by atoms with Gasteiger partial charge in [0.25, 0.3) is 0 Å². The van der Waals surface area contributed by atoms with Gasteiger partial charge in [0.2, 0.25) is 5.89 Å². The average Bonchev–Trinajstić information content (AvgIpc) is 2.87. The van der Waals surface area contributed by atoms with Crippen molar-refractivity contribution in [2.45, 2.75) is 38.1 Å². The van der Waals surface area contributed by atoms with Crippen LogP contribution in [0.15, 0.2) is 35.1 Å².